The fraction of sp³-hybridized carbons (Fsp3) is 0.824. The van der Waals surface area contributed by atoms with E-state index in [1.54, 1.807) is 34.6 Å². The number of hydrogen-bond donors (Lipinski definition) is 0. The third-order valence-electron chi connectivity index (χ3n) is 3.93. The number of ether oxygens (including phenoxy) is 4. The van der Waals surface area contributed by atoms with E-state index in [0.717, 1.165) is 0 Å². The predicted octanol–water partition coefficient (Wildman–Crippen LogP) is 2.20. The molecule has 0 N–H and O–H groups in total. The molecule has 8 nitrogen and oxygen atoms in total. The normalized spacial score (nSPS) is 26.2. The Hall–Kier alpha value is -1.83. The Morgan fingerprint density at radius 3 is 2.16 bits per heavy atom. The summed E-state index contributed by atoms with van der Waals surface area (Å²) in [6.07, 6.45) is -0.506. The van der Waals surface area contributed by atoms with Gasteiger partial charge in [0.25, 0.3) is 5.79 Å². The van der Waals surface area contributed by atoms with Gasteiger partial charge in [0.05, 0.1) is 12.6 Å². The Bertz CT molecular complexity index is 556. The average Bonchev–Trinajstić information content (AvgIpc) is 2.65. The Morgan fingerprint density at radius 1 is 1.16 bits per heavy atom. The minimum Gasteiger partial charge on any atom is -0.444 e. The van der Waals surface area contributed by atoms with E-state index < -0.39 is 47.1 Å². The van der Waals surface area contributed by atoms with Crippen molar-refractivity contribution >= 4 is 18.0 Å². The van der Waals surface area contributed by atoms with E-state index in [1.807, 2.05) is 0 Å². The highest BCUT2D eigenvalue weighted by atomic mass is 16.7. The molecule has 8 heteroatoms. The molecule has 0 unspecified atom stereocenters. The fourth-order valence-corrected chi connectivity index (χ4v) is 2.95. The summed E-state index contributed by atoms with van der Waals surface area (Å²) in [5.74, 6) is -3.69. The van der Waals surface area contributed by atoms with E-state index >= 15 is 0 Å². The number of rotatable bonds is 2. The van der Waals surface area contributed by atoms with Crippen LogP contribution in [-0.2, 0) is 28.5 Å². The lowest BCUT2D eigenvalue weighted by molar-refractivity contribution is -0.240. The first-order valence-corrected chi connectivity index (χ1v) is 8.34. The SMILES string of the molecule is CC(C)(C)OC(=O)N1[C@H](CC2C(=O)OC(C)(C)OC2=O)COC1(C)C. The zero-order valence-electron chi connectivity index (χ0n) is 15.9. The van der Waals surface area contributed by atoms with E-state index in [4.69, 9.17) is 18.9 Å². The summed E-state index contributed by atoms with van der Waals surface area (Å²) in [6, 6.07) is -0.504. The molecule has 2 aliphatic heterocycles. The maximum atomic E-state index is 12.6. The summed E-state index contributed by atoms with van der Waals surface area (Å²) < 4.78 is 21.4. The number of esters is 2. The van der Waals surface area contributed by atoms with Crippen molar-refractivity contribution in [3.8, 4) is 0 Å². The third-order valence-corrected chi connectivity index (χ3v) is 3.93. The molecule has 2 saturated heterocycles. The monoisotopic (exact) mass is 357 g/mol. The Balaban J connectivity index is 2.16. The van der Waals surface area contributed by atoms with Crippen LogP contribution in [0.4, 0.5) is 4.79 Å². The molecule has 25 heavy (non-hydrogen) atoms. The van der Waals surface area contributed by atoms with Gasteiger partial charge in [0, 0.05) is 13.8 Å². The van der Waals surface area contributed by atoms with Gasteiger partial charge in [-0.1, -0.05) is 0 Å². The molecule has 2 heterocycles. The first kappa shape index (κ1) is 19.5. The summed E-state index contributed by atoms with van der Waals surface area (Å²) in [7, 11) is 0. The molecule has 0 aliphatic carbocycles. The molecule has 1 atom stereocenters. The van der Waals surface area contributed by atoms with Crippen LogP contribution < -0.4 is 0 Å². The van der Waals surface area contributed by atoms with Crippen molar-refractivity contribution in [3.05, 3.63) is 0 Å². The molecule has 0 aromatic heterocycles. The number of cyclic esters (lactones) is 2. The highest BCUT2D eigenvalue weighted by Crippen LogP contribution is 2.34. The van der Waals surface area contributed by atoms with Crippen LogP contribution in [0.1, 0.15) is 54.9 Å². The van der Waals surface area contributed by atoms with E-state index in [0.29, 0.717) is 0 Å². The van der Waals surface area contributed by atoms with Crippen molar-refractivity contribution in [3.63, 3.8) is 0 Å². The lowest BCUT2D eigenvalue weighted by Gasteiger charge is -2.37. The number of nitrogens with zero attached hydrogens (tertiary/aromatic N) is 1. The minimum absolute atomic E-state index is 0.0520. The van der Waals surface area contributed by atoms with Crippen molar-refractivity contribution in [2.24, 2.45) is 5.92 Å². The van der Waals surface area contributed by atoms with Gasteiger partial charge in [-0.3, -0.25) is 14.5 Å². The fourth-order valence-electron chi connectivity index (χ4n) is 2.95. The number of carbonyl (C=O) groups is 3. The van der Waals surface area contributed by atoms with Gasteiger partial charge >= 0.3 is 18.0 Å². The molecule has 2 rings (SSSR count). The third kappa shape index (κ3) is 4.42. The van der Waals surface area contributed by atoms with Crippen LogP contribution in [0.2, 0.25) is 0 Å². The standard InChI is InChI=1S/C17H27NO7/c1-15(2,3)25-14(21)18-10(9-22-16(18,4)5)8-11-12(19)23-17(6,7)24-13(11)20/h10-11H,8-9H2,1-7H3/t10-/m1/s1. The lowest BCUT2D eigenvalue weighted by Crippen LogP contribution is -2.52. The van der Waals surface area contributed by atoms with Gasteiger partial charge in [-0.05, 0) is 41.0 Å². The van der Waals surface area contributed by atoms with Gasteiger partial charge in [-0.2, -0.15) is 0 Å². The summed E-state index contributed by atoms with van der Waals surface area (Å²) in [5, 5.41) is 0. The van der Waals surface area contributed by atoms with Gasteiger partial charge in [-0.25, -0.2) is 4.79 Å². The second kappa shape index (κ2) is 6.16. The largest absolute Gasteiger partial charge is 0.444 e. The Morgan fingerprint density at radius 2 is 1.68 bits per heavy atom. The molecule has 2 aliphatic rings. The highest BCUT2D eigenvalue weighted by Gasteiger charge is 2.50. The number of hydrogen-bond acceptors (Lipinski definition) is 7. The molecule has 0 aromatic carbocycles. The van der Waals surface area contributed by atoms with E-state index in [9.17, 15) is 14.4 Å². The topological polar surface area (TPSA) is 91.4 Å². The second-order valence-corrected chi connectivity index (χ2v) is 8.29. The number of amides is 1. The maximum Gasteiger partial charge on any atom is 0.412 e. The summed E-state index contributed by atoms with van der Waals surface area (Å²) in [4.78, 5) is 38.4. The van der Waals surface area contributed by atoms with Crippen LogP contribution in [0.15, 0.2) is 0 Å². The van der Waals surface area contributed by atoms with Crippen LogP contribution in [0.25, 0.3) is 0 Å². The second-order valence-electron chi connectivity index (χ2n) is 8.29. The Labute approximate surface area is 147 Å². The van der Waals surface area contributed by atoms with Gasteiger partial charge in [0.15, 0.2) is 5.92 Å². The first-order valence-electron chi connectivity index (χ1n) is 8.34. The van der Waals surface area contributed by atoms with Crippen LogP contribution in [0.5, 0.6) is 0 Å². The molecule has 0 saturated carbocycles. The highest BCUT2D eigenvalue weighted by molar-refractivity contribution is 5.96. The van der Waals surface area contributed by atoms with Crippen molar-refractivity contribution in [1.82, 2.24) is 4.90 Å². The van der Waals surface area contributed by atoms with Gasteiger partial charge < -0.3 is 18.9 Å². The van der Waals surface area contributed by atoms with E-state index in [-0.39, 0.29) is 13.0 Å². The van der Waals surface area contributed by atoms with Crippen LogP contribution >= 0.6 is 0 Å². The molecule has 142 valence electrons. The number of carbonyl (C=O) groups excluding carboxylic acids is 3. The molecular formula is C17H27NO7. The molecule has 0 bridgehead atoms. The van der Waals surface area contributed by atoms with Crippen LogP contribution in [0.3, 0.4) is 0 Å². The van der Waals surface area contributed by atoms with Crippen LogP contribution in [0, 0.1) is 5.92 Å². The smallest absolute Gasteiger partial charge is 0.412 e. The maximum absolute atomic E-state index is 12.6. The Kier molecular flexibility index (Phi) is 4.80. The lowest BCUT2D eigenvalue weighted by atomic mass is 9.98. The quantitative estimate of drug-likeness (QED) is 0.552. The summed E-state index contributed by atoms with van der Waals surface area (Å²) >= 11 is 0. The summed E-state index contributed by atoms with van der Waals surface area (Å²) in [6.45, 7) is 11.9. The molecule has 1 amide bonds. The predicted molar refractivity (Wildman–Crippen MR) is 86.3 cm³/mol. The van der Waals surface area contributed by atoms with Crippen molar-refractivity contribution in [2.45, 2.75) is 78.0 Å². The summed E-state index contributed by atoms with van der Waals surface area (Å²) in [5.41, 5.74) is -1.58. The zero-order chi connectivity index (χ0) is 19.2. The van der Waals surface area contributed by atoms with Crippen LogP contribution in [-0.4, -0.2) is 52.7 Å². The molecule has 2 fully saturated rings. The van der Waals surface area contributed by atoms with E-state index in [1.165, 1.54) is 18.7 Å². The molecule has 0 aromatic rings. The molecular weight excluding hydrogens is 330 g/mol. The van der Waals surface area contributed by atoms with Crippen molar-refractivity contribution < 1.29 is 33.3 Å². The van der Waals surface area contributed by atoms with E-state index in [2.05, 4.69) is 0 Å². The molecule has 0 spiro atoms. The average molecular weight is 357 g/mol. The van der Waals surface area contributed by atoms with Gasteiger partial charge in [0.1, 0.15) is 11.3 Å². The van der Waals surface area contributed by atoms with Crippen molar-refractivity contribution in [2.75, 3.05) is 6.61 Å². The zero-order valence-corrected chi connectivity index (χ0v) is 15.9. The van der Waals surface area contributed by atoms with Gasteiger partial charge in [-0.15, -0.1) is 0 Å². The molecule has 0 radical (unpaired) electrons. The minimum atomic E-state index is -1.28. The van der Waals surface area contributed by atoms with Gasteiger partial charge in [0.2, 0.25) is 0 Å². The van der Waals surface area contributed by atoms with Crippen molar-refractivity contribution in [1.29, 1.82) is 0 Å². The first-order chi connectivity index (χ1) is 11.2.